The molecule has 0 amide bonds. The number of rotatable bonds is 78. The van der Waals surface area contributed by atoms with Gasteiger partial charge in [-0.25, -0.2) is 9.13 Å². The van der Waals surface area contributed by atoms with E-state index in [0.29, 0.717) is 25.7 Å². The Morgan fingerprint density at radius 3 is 0.776 bits per heavy atom. The number of ether oxygens (including phenoxy) is 4. The summed E-state index contributed by atoms with van der Waals surface area (Å²) in [4.78, 5) is 72.8. The molecule has 0 heterocycles. The van der Waals surface area contributed by atoms with Gasteiger partial charge in [-0.05, 0) is 37.5 Å². The maximum Gasteiger partial charge on any atom is 0.472 e. The molecule has 0 aliphatic rings. The van der Waals surface area contributed by atoms with Crippen molar-refractivity contribution in [2.75, 3.05) is 39.6 Å². The highest BCUT2D eigenvalue weighted by atomic mass is 31.2. The van der Waals surface area contributed by atoms with Gasteiger partial charge in [-0.1, -0.05) is 363 Å². The summed E-state index contributed by atoms with van der Waals surface area (Å²) in [5, 5.41) is 10.6. The van der Waals surface area contributed by atoms with Crippen LogP contribution in [0.25, 0.3) is 0 Å². The predicted molar refractivity (Wildman–Crippen MR) is 400 cm³/mol. The van der Waals surface area contributed by atoms with Crippen molar-refractivity contribution < 1.29 is 80.2 Å². The molecular formula is C79H154O17P2. The summed E-state index contributed by atoms with van der Waals surface area (Å²) in [6.45, 7) is 9.67. The first-order valence-corrected chi connectivity index (χ1v) is 44.0. The van der Waals surface area contributed by atoms with Crippen LogP contribution < -0.4 is 0 Å². The summed E-state index contributed by atoms with van der Waals surface area (Å²) >= 11 is 0. The van der Waals surface area contributed by atoms with Gasteiger partial charge in [-0.15, -0.1) is 0 Å². The summed E-state index contributed by atoms with van der Waals surface area (Å²) in [7, 11) is -9.91. The Kier molecular flexibility index (Phi) is 69.3. The number of carbonyl (C=O) groups is 4. The number of hydrogen-bond donors (Lipinski definition) is 3. The first-order valence-electron chi connectivity index (χ1n) is 41.0. The van der Waals surface area contributed by atoms with Gasteiger partial charge in [0.15, 0.2) is 12.2 Å². The molecule has 0 aromatic carbocycles. The van der Waals surface area contributed by atoms with Gasteiger partial charge in [-0.2, -0.15) is 0 Å². The smallest absolute Gasteiger partial charge is 0.462 e. The molecular weight excluding hydrogens is 1280 g/mol. The van der Waals surface area contributed by atoms with Gasteiger partial charge in [0.05, 0.1) is 26.4 Å². The topological polar surface area (TPSA) is 237 Å². The minimum Gasteiger partial charge on any atom is -0.462 e. The number of phosphoric ester groups is 2. The van der Waals surface area contributed by atoms with Crippen LogP contribution >= 0.6 is 15.6 Å². The van der Waals surface area contributed by atoms with E-state index < -0.39 is 97.5 Å². The second kappa shape index (κ2) is 70.7. The third-order valence-electron chi connectivity index (χ3n) is 18.8. The fourth-order valence-electron chi connectivity index (χ4n) is 12.2. The molecule has 0 bridgehead atoms. The third kappa shape index (κ3) is 71.1. The van der Waals surface area contributed by atoms with Crippen molar-refractivity contribution in [3.05, 3.63) is 0 Å². The Morgan fingerprint density at radius 2 is 0.520 bits per heavy atom. The summed E-state index contributed by atoms with van der Waals surface area (Å²) in [6.07, 6.45) is 59.7. The molecule has 19 heteroatoms. The van der Waals surface area contributed by atoms with Crippen LogP contribution in [0.3, 0.4) is 0 Å². The summed E-state index contributed by atoms with van der Waals surface area (Å²) in [5.41, 5.74) is 0. The van der Waals surface area contributed by atoms with Gasteiger partial charge in [-0.3, -0.25) is 37.3 Å². The highest BCUT2D eigenvalue weighted by Gasteiger charge is 2.30. The first-order chi connectivity index (χ1) is 47.4. The van der Waals surface area contributed by atoms with Crippen molar-refractivity contribution in [2.24, 2.45) is 11.8 Å². The average molecular weight is 1440 g/mol. The fourth-order valence-corrected chi connectivity index (χ4v) is 13.7. The van der Waals surface area contributed by atoms with Crippen LogP contribution in [0.15, 0.2) is 0 Å². The van der Waals surface area contributed by atoms with Gasteiger partial charge in [0.1, 0.15) is 19.3 Å². The molecule has 0 aliphatic carbocycles. The SMILES string of the molecule is CCCCCCCCCCCCCCCCCC(=O)O[C@H](COC(=O)CCCCCCCCC)COP(=O)(O)OC[C@H](O)COP(=O)(O)OC[C@@H](COC(=O)CCCCCCCCCCCCCCCCC(C)CC)OC(=O)CCCCCCCCCCCCCCCCCC(C)C. The zero-order valence-corrected chi connectivity index (χ0v) is 65.9. The molecule has 98 heavy (non-hydrogen) atoms. The largest absolute Gasteiger partial charge is 0.472 e. The molecule has 0 saturated carbocycles. The van der Waals surface area contributed by atoms with Crippen LogP contribution in [0.2, 0.25) is 0 Å². The van der Waals surface area contributed by atoms with Crippen LogP contribution in [0.1, 0.15) is 414 Å². The molecule has 0 aromatic rings. The molecule has 582 valence electrons. The molecule has 0 spiro atoms. The normalized spacial score (nSPS) is 14.2. The Balaban J connectivity index is 5.19. The van der Waals surface area contributed by atoms with Crippen LogP contribution in [-0.4, -0.2) is 96.7 Å². The van der Waals surface area contributed by atoms with Crippen molar-refractivity contribution in [1.29, 1.82) is 0 Å². The lowest BCUT2D eigenvalue weighted by Gasteiger charge is -2.21. The van der Waals surface area contributed by atoms with Crippen molar-refractivity contribution in [1.82, 2.24) is 0 Å². The monoisotopic (exact) mass is 1440 g/mol. The number of aliphatic hydroxyl groups is 1. The van der Waals surface area contributed by atoms with Gasteiger partial charge >= 0.3 is 39.5 Å². The van der Waals surface area contributed by atoms with E-state index in [-0.39, 0.29) is 25.7 Å². The predicted octanol–water partition coefficient (Wildman–Crippen LogP) is 23.5. The van der Waals surface area contributed by atoms with E-state index in [9.17, 15) is 43.2 Å². The van der Waals surface area contributed by atoms with Crippen LogP contribution in [0, 0.1) is 11.8 Å². The number of aliphatic hydroxyl groups excluding tert-OH is 1. The molecule has 0 fully saturated rings. The van der Waals surface area contributed by atoms with Crippen molar-refractivity contribution in [3.63, 3.8) is 0 Å². The first kappa shape index (κ1) is 96.1. The molecule has 6 atom stereocenters. The number of esters is 4. The molecule has 3 N–H and O–H groups in total. The number of unbranched alkanes of at least 4 members (excludes halogenated alkanes) is 47. The van der Waals surface area contributed by atoms with Crippen molar-refractivity contribution in [2.45, 2.75) is 432 Å². The Hall–Kier alpha value is -1.94. The summed E-state index contributed by atoms with van der Waals surface area (Å²) in [6, 6.07) is 0. The zero-order valence-electron chi connectivity index (χ0n) is 64.1. The lowest BCUT2D eigenvalue weighted by atomic mass is 9.99. The second-order valence-corrected chi connectivity index (χ2v) is 32.1. The minimum atomic E-state index is -4.96. The quantitative estimate of drug-likeness (QED) is 0.0222. The van der Waals surface area contributed by atoms with E-state index in [1.165, 1.54) is 218 Å². The van der Waals surface area contributed by atoms with Gasteiger partial charge in [0.2, 0.25) is 0 Å². The second-order valence-electron chi connectivity index (χ2n) is 29.2. The van der Waals surface area contributed by atoms with E-state index in [1.807, 2.05) is 0 Å². The van der Waals surface area contributed by atoms with E-state index >= 15 is 0 Å². The van der Waals surface area contributed by atoms with Crippen LogP contribution in [0.5, 0.6) is 0 Å². The van der Waals surface area contributed by atoms with E-state index in [2.05, 4.69) is 41.5 Å². The molecule has 17 nitrogen and oxygen atoms in total. The van der Waals surface area contributed by atoms with Crippen molar-refractivity contribution in [3.8, 4) is 0 Å². The lowest BCUT2D eigenvalue weighted by Crippen LogP contribution is -2.30. The van der Waals surface area contributed by atoms with Gasteiger partial charge in [0, 0.05) is 25.7 Å². The third-order valence-corrected chi connectivity index (χ3v) is 20.7. The molecule has 0 rings (SSSR count). The molecule has 0 aliphatic heterocycles. The highest BCUT2D eigenvalue weighted by Crippen LogP contribution is 2.45. The molecule has 0 aromatic heterocycles. The summed E-state index contributed by atoms with van der Waals surface area (Å²) < 4.78 is 68.5. The fraction of sp³-hybridized carbons (Fsp3) is 0.949. The Morgan fingerprint density at radius 1 is 0.296 bits per heavy atom. The van der Waals surface area contributed by atoms with Gasteiger partial charge in [0.25, 0.3) is 0 Å². The summed E-state index contributed by atoms with van der Waals surface area (Å²) in [5.74, 6) is -0.462. The number of hydrogen-bond acceptors (Lipinski definition) is 15. The van der Waals surface area contributed by atoms with Crippen molar-refractivity contribution >= 4 is 39.5 Å². The maximum absolute atomic E-state index is 13.1. The van der Waals surface area contributed by atoms with E-state index in [4.69, 9.17) is 37.0 Å². The number of phosphoric acid groups is 2. The van der Waals surface area contributed by atoms with Crippen LogP contribution in [-0.2, 0) is 65.4 Å². The molecule has 0 radical (unpaired) electrons. The van der Waals surface area contributed by atoms with Crippen LogP contribution in [0.4, 0.5) is 0 Å². The molecule has 0 saturated heterocycles. The number of carbonyl (C=O) groups excluding carboxylic acids is 4. The van der Waals surface area contributed by atoms with E-state index in [1.54, 1.807) is 0 Å². The lowest BCUT2D eigenvalue weighted by molar-refractivity contribution is -0.161. The molecule has 3 unspecified atom stereocenters. The highest BCUT2D eigenvalue weighted by molar-refractivity contribution is 7.47. The Bertz CT molecular complexity index is 1890. The average Bonchev–Trinajstić information content (AvgIpc) is 1.02. The minimum absolute atomic E-state index is 0.108. The van der Waals surface area contributed by atoms with E-state index in [0.717, 1.165) is 115 Å². The standard InChI is InChI=1S/C79H154O17P2/c1-7-10-12-14-16-17-18-19-21-29-34-39-45-51-57-63-78(83)95-74(67-89-76(81)61-55-49-41-15-13-11-8-2)69-93-97(85,86)91-65-73(80)66-92-98(87,88)94-70-75(96-79(84)64-58-52-46-40-35-30-23-20-22-26-31-36-42-47-53-59-71(4)5)68-90-77(82)62-56-50-44-38-33-28-25-24-27-32-37-43-48-54-60-72(6)9-3/h71-75,80H,7-70H2,1-6H3,(H,85,86)(H,87,88)/t72?,73-,74+,75+/m0/s1. The van der Waals surface area contributed by atoms with Gasteiger partial charge < -0.3 is 33.8 Å². The zero-order chi connectivity index (χ0) is 72.1. The Labute approximate surface area is 600 Å². The maximum atomic E-state index is 13.1.